The van der Waals surface area contributed by atoms with Gasteiger partial charge >= 0.3 is 0 Å². The van der Waals surface area contributed by atoms with Gasteiger partial charge in [-0.25, -0.2) is 9.97 Å². The molecule has 1 saturated heterocycles. The van der Waals surface area contributed by atoms with Crippen molar-refractivity contribution in [2.45, 2.75) is 38.4 Å². The quantitative estimate of drug-likeness (QED) is 0.789. The van der Waals surface area contributed by atoms with Gasteiger partial charge in [0.05, 0.1) is 18.7 Å². The molecule has 0 N–H and O–H groups in total. The molecule has 1 aliphatic heterocycles. The molecule has 1 amide bonds. The minimum atomic E-state index is 0.0936. The van der Waals surface area contributed by atoms with Crippen LogP contribution in [0.25, 0.3) is 0 Å². The molecule has 0 saturated carbocycles. The van der Waals surface area contributed by atoms with Gasteiger partial charge in [0.15, 0.2) is 0 Å². The standard InChI is InChI=1S/C15H22N6OS/c1-19(2)15(22)6-14-18-12(9-23-14)7-20-5-3-4-13(20)8-21-11-16-10-17-21/h9-11,13H,3-8H2,1-2H3/t13-/m1/s1. The Morgan fingerprint density at radius 2 is 2.35 bits per heavy atom. The maximum atomic E-state index is 11.8. The average molecular weight is 334 g/mol. The molecule has 7 nitrogen and oxygen atoms in total. The zero-order chi connectivity index (χ0) is 16.2. The summed E-state index contributed by atoms with van der Waals surface area (Å²) in [4.78, 5) is 24.4. The van der Waals surface area contributed by atoms with Crippen molar-refractivity contribution < 1.29 is 4.79 Å². The van der Waals surface area contributed by atoms with Gasteiger partial charge in [-0.05, 0) is 19.4 Å². The van der Waals surface area contributed by atoms with Crippen LogP contribution in [0.3, 0.4) is 0 Å². The van der Waals surface area contributed by atoms with Crippen molar-refractivity contribution in [1.29, 1.82) is 0 Å². The second-order valence-corrected chi connectivity index (χ2v) is 7.02. The number of rotatable bonds is 6. The molecule has 8 heteroatoms. The van der Waals surface area contributed by atoms with Gasteiger partial charge in [0, 0.05) is 32.1 Å². The van der Waals surface area contributed by atoms with Crippen molar-refractivity contribution in [3.8, 4) is 0 Å². The predicted octanol–water partition coefficient (Wildman–Crippen LogP) is 1.03. The lowest BCUT2D eigenvalue weighted by atomic mass is 10.2. The van der Waals surface area contributed by atoms with Gasteiger partial charge in [-0.2, -0.15) is 5.10 Å². The number of thiazole rings is 1. The van der Waals surface area contributed by atoms with E-state index in [1.54, 1.807) is 43.0 Å². The van der Waals surface area contributed by atoms with E-state index >= 15 is 0 Å². The smallest absolute Gasteiger partial charge is 0.228 e. The molecule has 124 valence electrons. The molecule has 23 heavy (non-hydrogen) atoms. The van der Waals surface area contributed by atoms with Crippen molar-refractivity contribution in [3.63, 3.8) is 0 Å². The number of hydrogen-bond donors (Lipinski definition) is 0. The second-order valence-electron chi connectivity index (χ2n) is 6.08. The van der Waals surface area contributed by atoms with Gasteiger partial charge < -0.3 is 4.90 Å². The van der Waals surface area contributed by atoms with E-state index in [-0.39, 0.29) is 5.91 Å². The van der Waals surface area contributed by atoms with Crippen LogP contribution >= 0.6 is 11.3 Å². The Kier molecular flexibility index (Phi) is 5.02. The molecule has 0 radical (unpaired) electrons. The summed E-state index contributed by atoms with van der Waals surface area (Å²) in [5.41, 5.74) is 1.06. The largest absolute Gasteiger partial charge is 0.348 e. The van der Waals surface area contributed by atoms with Crippen LogP contribution < -0.4 is 0 Å². The molecule has 3 rings (SSSR count). The first-order chi connectivity index (χ1) is 11.1. The van der Waals surface area contributed by atoms with Crippen LogP contribution in [0.15, 0.2) is 18.0 Å². The number of carbonyl (C=O) groups is 1. The lowest BCUT2D eigenvalue weighted by molar-refractivity contribution is -0.127. The number of likely N-dealkylation sites (N-methyl/N-ethyl adjacent to an activating group) is 1. The molecule has 0 aliphatic carbocycles. The van der Waals surface area contributed by atoms with Crippen molar-refractivity contribution in [2.24, 2.45) is 0 Å². The van der Waals surface area contributed by atoms with Gasteiger partial charge in [-0.3, -0.25) is 14.4 Å². The van der Waals surface area contributed by atoms with E-state index in [1.807, 2.05) is 4.68 Å². The molecule has 2 aromatic rings. The van der Waals surface area contributed by atoms with Crippen LogP contribution in [0, 0.1) is 0 Å². The van der Waals surface area contributed by atoms with Gasteiger partial charge in [-0.1, -0.05) is 0 Å². The highest BCUT2D eigenvalue weighted by molar-refractivity contribution is 7.09. The number of likely N-dealkylation sites (tertiary alicyclic amines) is 1. The molecule has 0 unspecified atom stereocenters. The molecule has 2 aromatic heterocycles. The first-order valence-corrected chi connectivity index (χ1v) is 8.69. The summed E-state index contributed by atoms with van der Waals surface area (Å²) in [5, 5.41) is 7.16. The van der Waals surface area contributed by atoms with Crippen LogP contribution in [0.1, 0.15) is 23.5 Å². The molecule has 1 atom stereocenters. The van der Waals surface area contributed by atoms with E-state index in [0.29, 0.717) is 12.5 Å². The molecular formula is C15H22N6OS. The Balaban J connectivity index is 1.58. The number of nitrogens with zero attached hydrogens (tertiary/aromatic N) is 6. The molecule has 0 bridgehead atoms. The van der Waals surface area contributed by atoms with Crippen molar-refractivity contribution in [2.75, 3.05) is 20.6 Å². The minimum Gasteiger partial charge on any atom is -0.348 e. The van der Waals surface area contributed by atoms with E-state index in [9.17, 15) is 4.79 Å². The summed E-state index contributed by atoms with van der Waals surface area (Å²) in [6.45, 7) is 2.80. The lowest BCUT2D eigenvalue weighted by Crippen LogP contribution is -2.32. The molecule has 0 aromatic carbocycles. The zero-order valence-corrected chi connectivity index (χ0v) is 14.4. The first-order valence-electron chi connectivity index (χ1n) is 7.81. The number of hydrogen-bond acceptors (Lipinski definition) is 6. The fraction of sp³-hybridized carbons (Fsp3) is 0.600. The fourth-order valence-electron chi connectivity index (χ4n) is 2.85. The number of carbonyl (C=O) groups excluding carboxylic acids is 1. The highest BCUT2D eigenvalue weighted by Crippen LogP contribution is 2.22. The lowest BCUT2D eigenvalue weighted by Gasteiger charge is -2.23. The van der Waals surface area contributed by atoms with Crippen LogP contribution in [-0.2, 0) is 24.3 Å². The van der Waals surface area contributed by atoms with Crippen LogP contribution in [-0.4, -0.2) is 62.1 Å². The SMILES string of the molecule is CN(C)C(=O)Cc1nc(CN2CCC[C@@H]2Cn2cncn2)cs1. The maximum absolute atomic E-state index is 11.8. The summed E-state index contributed by atoms with van der Waals surface area (Å²) < 4.78 is 1.89. The van der Waals surface area contributed by atoms with Gasteiger partial charge in [-0.15, -0.1) is 11.3 Å². The van der Waals surface area contributed by atoms with E-state index in [0.717, 1.165) is 30.3 Å². The summed E-state index contributed by atoms with van der Waals surface area (Å²) in [7, 11) is 3.55. The normalized spacial score (nSPS) is 18.4. The maximum Gasteiger partial charge on any atom is 0.228 e. The van der Waals surface area contributed by atoms with Crippen LogP contribution in [0.2, 0.25) is 0 Å². The van der Waals surface area contributed by atoms with E-state index in [2.05, 4.69) is 25.3 Å². The Labute approximate surface area is 140 Å². The van der Waals surface area contributed by atoms with Crippen molar-refractivity contribution in [3.05, 3.63) is 28.7 Å². The van der Waals surface area contributed by atoms with E-state index < -0.39 is 0 Å². The Morgan fingerprint density at radius 1 is 1.48 bits per heavy atom. The molecular weight excluding hydrogens is 312 g/mol. The van der Waals surface area contributed by atoms with Gasteiger partial charge in [0.25, 0.3) is 0 Å². The highest BCUT2D eigenvalue weighted by Gasteiger charge is 2.25. The number of aromatic nitrogens is 4. The zero-order valence-electron chi connectivity index (χ0n) is 13.6. The van der Waals surface area contributed by atoms with E-state index in [4.69, 9.17) is 0 Å². The summed E-state index contributed by atoms with van der Waals surface area (Å²) >= 11 is 1.57. The van der Waals surface area contributed by atoms with Crippen molar-refractivity contribution in [1.82, 2.24) is 29.5 Å². The molecule has 3 heterocycles. The van der Waals surface area contributed by atoms with Crippen molar-refractivity contribution >= 4 is 17.2 Å². The van der Waals surface area contributed by atoms with Crippen LogP contribution in [0.4, 0.5) is 0 Å². The Bertz CT molecular complexity index is 638. The first kappa shape index (κ1) is 16.1. The monoisotopic (exact) mass is 334 g/mol. The van der Waals surface area contributed by atoms with Gasteiger partial charge in [0.2, 0.25) is 5.91 Å². The van der Waals surface area contributed by atoms with Crippen LogP contribution in [0.5, 0.6) is 0 Å². The summed E-state index contributed by atoms with van der Waals surface area (Å²) in [5.74, 6) is 0.0936. The minimum absolute atomic E-state index is 0.0936. The summed E-state index contributed by atoms with van der Waals surface area (Å²) in [6.07, 6.45) is 6.11. The Morgan fingerprint density at radius 3 is 3.09 bits per heavy atom. The average Bonchev–Trinajstić information content (AvgIpc) is 3.24. The van der Waals surface area contributed by atoms with E-state index in [1.165, 1.54) is 12.8 Å². The molecule has 1 aliphatic rings. The Hall–Kier alpha value is -1.80. The topological polar surface area (TPSA) is 67.2 Å². The highest BCUT2D eigenvalue weighted by atomic mass is 32.1. The third-order valence-electron chi connectivity index (χ3n) is 4.13. The summed E-state index contributed by atoms with van der Waals surface area (Å²) in [6, 6.07) is 0.477. The number of amides is 1. The van der Waals surface area contributed by atoms with Gasteiger partial charge in [0.1, 0.15) is 17.7 Å². The predicted molar refractivity (Wildman–Crippen MR) is 88.0 cm³/mol. The third-order valence-corrected chi connectivity index (χ3v) is 5.03. The fourth-order valence-corrected chi connectivity index (χ4v) is 3.63. The third kappa shape index (κ3) is 4.14. The molecule has 0 spiro atoms. The molecule has 1 fully saturated rings. The second kappa shape index (κ2) is 7.18.